The lowest BCUT2D eigenvalue weighted by Crippen LogP contribution is -2.27. The highest BCUT2D eigenvalue weighted by Gasteiger charge is 2.29. The van der Waals surface area contributed by atoms with Gasteiger partial charge in [-0.3, -0.25) is 14.4 Å². The van der Waals surface area contributed by atoms with Crippen LogP contribution in [0.5, 0.6) is 34.5 Å². The van der Waals surface area contributed by atoms with Gasteiger partial charge in [0.15, 0.2) is 23.0 Å². The number of anilines is 2. The molecule has 44 heavy (non-hydrogen) atoms. The largest absolute Gasteiger partial charge is 0.493 e. The van der Waals surface area contributed by atoms with E-state index >= 15 is 0 Å². The van der Waals surface area contributed by atoms with Gasteiger partial charge in [0, 0.05) is 30.3 Å². The molecule has 0 saturated heterocycles. The summed E-state index contributed by atoms with van der Waals surface area (Å²) >= 11 is 0. The first-order valence-corrected chi connectivity index (χ1v) is 13.8. The molecule has 0 heterocycles. The van der Waals surface area contributed by atoms with Crippen LogP contribution in [0.4, 0.5) is 11.4 Å². The summed E-state index contributed by atoms with van der Waals surface area (Å²) in [6.45, 7) is 1.23. The fraction of sp³-hybridized carbons (Fsp3) is 0.344. The molecule has 3 aromatic carbocycles. The molecule has 12 nitrogen and oxygen atoms in total. The van der Waals surface area contributed by atoms with E-state index in [1.54, 1.807) is 31.4 Å². The van der Waals surface area contributed by atoms with Gasteiger partial charge in [0.2, 0.25) is 28.7 Å². The van der Waals surface area contributed by atoms with Crippen LogP contribution in [0.2, 0.25) is 0 Å². The zero-order valence-corrected chi connectivity index (χ0v) is 25.8. The summed E-state index contributed by atoms with van der Waals surface area (Å²) in [5.41, 5.74) is 3.20. The van der Waals surface area contributed by atoms with Crippen molar-refractivity contribution in [1.29, 1.82) is 0 Å². The Morgan fingerprint density at radius 2 is 1.41 bits per heavy atom. The summed E-state index contributed by atoms with van der Waals surface area (Å²) in [6, 6.07) is 9.53. The average molecular weight is 608 g/mol. The van der Waals surface area contributed by atoms with Gasteiger partial charge in [-0.15, -0.1) is 0 Å². The van der Waals surface area contributed by atoms with Crippen molar-refractivity contribution in [3.63, 3.8) is 0 Å². The summed E-state index contributed by atoms with van der Waals surface area (Å²) in [7, 11) is 9.06. The topological polar surface area (TPSA) is 143 Å². The lowest BCUT2D eigenvalue weighted by atomic mass is 9.95. The van der Waals surface area contributed by atoms with Crippen molar-refractivity contribution in [2.45, 2.75) is 25.8 Å². The maximum absolute atomic E-state index is 13.5. The van der Waals surface area contributed by atoms with E-state index in [0.29, 0.717) is 64.2 Å². The summed E-state index contributed by atoms with van der Waals surface area (Å²) in [6.07, 6.45) is 1.11. The molecule has 234 valence electrons. The van der Waals surface area contributed by atoms with Crippen molar-refractivity contribution >= 4 is 23.2 Å². The van der Waals surface area contributed by atoms with Gasteiger partial charge in [-0.2, -0.15) is 0 Å². The normalized spacial score (nSPS) is 13.3. The molecule has 0 spiro atoms. The first-order valence-electron chi connectivity index (χ1n) is 13.8. The van der Waals surface area contributed by atoms with Crippen molar-refractivity contribution in [1.82, 2.24) is 5.32 Å². The second kappa shape index (κ2) is 13.9. The van der Waals surface area contributed by atoms with E-state index in [-0.39, 0.29) is 23.6 Å². The van der Waals surface area contributed by atoms with Crippen LogP contribution in [0, 0.1) is 0 Å². The van der Waals surface area contributed by atoms with E-state index in [2.05, 4.69) is 16.0 Å². The number of hydrogen-bond donors (Lipinski definition) is 3. The monoisotopic (exact) mass is 607 g/mol. The van der Waals surface area contributed by atoms with Gasteiger partial charge in [0.1, 0.15) is 0 Å². The highest BCUT2D eigenvalue weighted by atomic mass is 16.5. The Hall–Kier alpha value is -5.13. The zero-order valence-electron chi connectivity index (χ0n) is 25.8. The maximum atomic E-state index is 13.5. The van der Waals surface area contributed by atoms with Crippen LogP contribution >= 0.6 is 0 Å². The number of carbonyl (C=O) groups excluding carboxylic acids is 2. The third-order valence-corrected chi connectivity index (χ3v) is 7.30. The highest BCUT2D eigenvalue weighted by molar-refractivity contribution is 5.94. The Morgan fingerprint density at radius 3 is 1.98 bits per heavy atom. The second-order valence-electron chi connectivity index (χ2n) is 9.91. The molecule has 1 atom stereocenters. The molecule has 0 aromatic heterocycles. The summed E-state index contributed by atoms with van der Waals surface area (Å²) in [4.78, 5) is 38.6. The van der Waals surface area contributed by atoms with Gasteiger partial charge < -0.3 is 44.4 Å². The van der Waals surface area contributed by atoms with Gasteiger partial charge in [-0.25, -0.2) is 0 Å². The lowest BCUT2D eigenvalue weighted by molar-refractivity contribution is -0.119. The molecule has 3 N–H and O–H groups in total. The van der Waals surface area contributed by atoms with Crippen LogP contribution in [-0.2, 0) is 16.0 Å². The molecule has 1 aliphatic rings. The molecular formula is C32H37N3O9. The van der Waals surface area contributed by atoms with E-state index in [9.17, 15) is 14.4 Å². The zero-order chi connectivity index (χ0) is 32.0. The fourth-order valence-corrected chi connectivity index (χ4v) is 5.39. The SMILES string of the molecule is COc1cc(NC(=O)CNc2ccc3c(cc2=O)C(NC(C)=O)CCc2cc(OC)c(OC)c(OC)c2-3)cc(OC)c1OC. The fourth-order valence-electron chi connectivity index (χ4n) is 5.39. The van der Waals surface area contributed by atoms with E-state index in [4.69, 9.17) is 28.4 Å². The number of benzene rings is 2. The van der Waals surface area contributed by atoms with Crippen molar-refractivity contribution in [3.05, 3.63) is 57.7 Å². The molecule has 0 bridgehead atoms. The predicted molar refractivity (Wildman–Crippen MR) is 166 cm³/mol. The number of aryl methyl sites for hydroxylation is 1. The van der Waals surface area contributed by atoms with Gasteiger partial charge in [0.05, 0.1) is 60.9 Å². The number of rotatable bonds is 11. The summed E-state index contributed by atoms with van der Waals surface area (Å²) in [5, 5.41) is 8.70. The van der Waals surface area contributed by atoms with Gasteiger partial charge in [-0.05, 0) is 47.7 Å². The Morgan fingerprint density at radius 1 is 0.795 bits per heavy atom. The number of ether oxygens (including phenoxy) is 6. The van der Waals surface area contributed by atoms with Crippen LogP contribution in [0.25, 0.3) is 11.1 Å². The molecule has 4 rings (SSSR count). The number of fused-ring (bicyclic) bond motifs is 3. The minimum atomic E-state index is -0.451. The molecule has 1 aliphatic carbocycles. The Balaban J connectivity index is 1.72. The summed E-state index contributed by atoms with van der Waals surface area (Å²) in [5.74, 6) is 1.89. The van der Waals surface area contributed by atoms with Crippen molar-refractivity contribution in [2.24, 2.45) is 0 Å². The van der Waals surface area contributed by atoms with Gasteiger partial charge in [0.25, 0.3) is 0 Å². The van der Waals surface area contributed by atoms with Crippen LogP contribution < -0.4 is 49.8 Å². The van der Waals surface area contributed by atoms with Crippen molar-refractivity contribution in [3.8, 4) is 45.6 Å². The molecule has 2 amide bonds. The van der Waals surface area contributed by atoms with Gasteiger partial charge in [-0.1, -0.05) is 6.07 Å². The molecule has 3 aromatic rings. The van der Waals surface area contributed by atoms with E-state index < -0.39 is 11.9 Å². The average Bonchev–Trinajstić information content (AvgIpc) is 3.26. The lowest BCUT2D eigenvalue weighted by Gasteiger charge is -2.19. The van der Waals surface area contributed by atoms with E-state index in [0.717, 1.165) is 11.1 Å². The minimum absolute atomic E-state index is 0.195. The molecular weight excluding hydrogens is 570 g/mol. The molecule has 1 unspecified atom stereocenters. The Kier molecular flexibility index (Phi) is 10.0. The minimum Gasteiger partial charge on any atom is -0.493 e. The Bertz CT molecular complexity index is 1600. The highest BCUT2D eigenvalue weighted by Crippen LogP contribution is 2.50. The van der Waals surface area contributed by atoms with Crippen molar-refractivity contribution in [2.75, 3.05) is 59.8 Å². The number of hydrogen-bond acceptors (Lipinski definition) is 10. The number of amides is 2. The van der Waals surface area contributed by atoms with Crippen LogP contribution in [-0.4, -0.2) is 61.0 Å². The second-order valence-corrected chi connectivity index (χ2v) is 9.91. The molecule has 0 fully saturated rings. The molecule has 0 aliphatic heterocycles. The first kappa shape index (κ1) is 31.8. The molecule has 0 radical (unpaired) electrons. The standard InChI is InChI=1S/C32H37N3O9/c1-17(36)34-22-10-8-18-12-25(39-2)31(43-6)32(44-7)29(18)20-9-11-23(24(37)15-21(20)22)33-16-28(38)35-19-13-26(40-3)30(42-5)27(14-19)41-4/h9,11-15,22H,8,10,16H2,1-7H3,(H,33,37)(H,34,36)(H,35,38). The van der Waals surface area contributed by atoms with E-state index in [1.165, 1.54) is 48.5 Å². The Labute approximate surface area is 255 Å². The molecule has 12 heteroatoms. The van der Waals surface area contributed by atoms with E-state index in [1.807, 2.05) is 6.07 Å². The maximum Gasteiger partial charge on any atom is 0.243 e. The molecule has 0 saturated carbocycles. The van der Waals surface area contributed by atoms with Crippen LogP contribution in [0.15, 0.2) is 41.2 Å². The van der Waals surface area contributed by atoms with Crippen molar-refractivity contribution < 1.29 is 38.0 Å². The van der Waals surface area contributed by atoms with Crippen LogP contribution in [0.1, 0.15) is 30.5 Å². The number of methoxy groups -OCH3 is 6. The quantitative estimate of drug-likeness (QED) is 0.293. The smallest absolute Gasteiger partial charge is 0.243 e. The van der Waals surface area contributed by atoms with Gasteiger partial charge >= 0.3 is 0 Å². The van der Waals surface area contributed by atoms with Crippen LogP contribution in [0.3, 0.4) is 0 Å². The summed E-state index contributed by atoms with van der Waals surface area (Å²) < 4.78 is 33.1. The predicted octanol–water partition coefficient (Wildman–Crippen LogP) is 3.94. The first-order chi connectivity index (χ1) is 21.2. The number of nitrogens with one attached hydrogen (secondary N) is 3. The third kappa shape index (κ3) is 6.43. The third-order valence-electron chi connectivity index (χ3n) is 7.30. The number of carbonyl (C=O) groups is 2.